The van der Waals surface area contributed by atoms with E-state index in [-0.39, 0.29) is 0 Å². The Bertz CT molecular complexity index is 1070. The molecule has 1 fully saturated rings. The number of anilines is 1. The molecule has 1 aliphatic heterocycles. The summed E-state index contributed by atoms with van der Waals surface area (Å²) < 4.78 is 10.4. The van der Waals surface area contributed by atoms with Crippen LogP contribution in [0.3, 0.4) is 0 Å². The molecule has 0 saturated carbocycles. The van der Waals surface area contributed by atoms with Crippen molar-refractivity contribution in [3.63, 3.8) is 0 Å². The lowest BCUT2D eigenvalue weighted by molar-refractivity contribution is 0.156. The van der Waals surface area contributed by atoms with Crippen LogP contribution in [0.5, 0.6) is 11.5 Å². The van der Waals surface area contributed by atoms with E-state index in [0.29, 0.717) is 34.0 Å². The van der Waals surface area contributed by atoms with E-state index in [1.54, 1.807) is 20.3 Å². The van der Waals surface area contributed by atoms with Crippen LogP contribution in [0.25, 0.3) is 11.0 Å². The number of amides is 1. The SMILES string of the molecule is COc1cc(C#Cc2[nH]nc3ncnc(N)c23)cc(OC)c1.O=C(O)N1CCCC1. The second-order valence-electron chi connectivity index (χ2n) is 6.38. The van der Waals surface area contributed by atoms with E-state index < -0.39 is 6.09 Å². The summed E-state index contributed by atoms with van der Waals surface area (Å²) in [6, 6.07) is 5.41. The number of likely N-dealkylation sites (tertiary alicyclic amines) is 1. The Morgan fingerprint density at radius 3 is 2.37 bits per heavy atom. The van der Waals surface area contributed by atoms with Gasteiger partial charge in [0, 0.05) is 24.7 Å². The van der Waals surface area contributed by atoms with Gasteiger partial charge in [0.25, 0.3) is 0 Å². The molecule has 4 N–H and O–H groups in total. The summed E-state index contributed by atoms with van der Waals surface area (Å²) in [7, 11) is 3.18. The molecule has 0 radical (unpaired) electrons. The van der Waals surface area contributed by atoms with Gasteiger partial charge in [-0.2, -0.15) is 5.10 Å². The summed E-state index contributed by atoms with van der Waals surface area (Å²) in [6.45, 7) is 1.46. The van der Waals surface area contributed by atoms with Crippen molar-refractivity contribution < 1.29 is 19.4 Å². The monoisotopic (exact) mass is 410 g/mol. The molecule has 1 aromatic carbocycles. The van der Waals surface area contributed by atoms with Crippen LogP contribution in [0.4, 0.5) is 10.6 Å². The maximum Gasteiger partial charge on any atom is 0.407 e. The first-order valence-corrected chi connectivity index (χ1v) is 9.19. The third-order valence-electron chi connectivity index (χ3n) is 4.44. The summed E-state index contributed by atoms with van der Waals surface area (Å²) in [4.78, 5) is 19.6. The van der Waals surface area contributed by atoms with Crippen molar-refractivity contribution in [1.29, 1.82) is 0 Å². The number of rotatable bonds is 2. The van der Waals surface area contributed by atoms with Gasteiger partial charge < -0.3 is 25.2 Å². The predicted molar refractivity (Wildman–Crippen MR) is 110 cm³/mol. The van der Waals surface area contributed by atoms with Crippen molar-refractivity contribution >= 4 is 22.9 Å². The zero-order valence-electron chi connectivity index (χ0n) is 16.7. The van der Waals surface area contributed by atoms with Gasteiger partial charge in [-0.25, -0.2) is 14.8 Å². The standard InChI is InChI=1S/C15H13N5O2.C5H9NO2/c1-21-10-5-9(6-11(7-10)22-2)3-4-12-13-14(16)17-8-18-15(13)20-19-12;7-5(8)6-3-1-2-4-6/h5-8H,1-2H3,(H3,16,17,18,19,20);1-4H2,(H,7,8). The van der Waals surface area contributed by atoms with E-state index in [9.17, 15) is 4.79 Å². The van der Waals surface area contributed by atoms with Crippen LogP contribution < -0.4 is 15.2 Å². The van der Waals surface area contributed by atoms with Gasteiger partial charge in [0.05, 0.1) is 19.6 Å². The van der Waals surface area contributed by atoms with Crippen molar-refractivity contribution in [3.8, 4) is 23.3 Å². The Kier molecular flexibility index (Phi) is 6.54. The Morgan fingerprint density at radius 1 is 1.13 bits per heavy atom. The lowest BCUT2D eigenvalue weighted by Gasteiger charge is -2.07. The van der Waals surface area contributed by atoms with E-state index in [1.807, 2.05) is 12.1 Å². The first kappa shape index (κ1) is 20.7. The zero-order valence-corrected chi connectivity index (χ0v) is 16.7. The van der Waals surface area contributed by atoms with Gasteiger partial charge in [0.1, 0.15) is 29.3 Å². The number of hydrogen-bond donors (Lipinski definition) is 3. The molecule has 0 unspecified atom stereocenters. The molecular weight excluding hydrogens is 388 g/mol. The van der Waals surface area contributed by atoms with Gasteiger partial charge in [-0.1, -0.05) is 5.92 Å². The maximum atomic E-state index is 10.1. The first-order chi connectivity index (χ1) is 14.5. The van der Waals surface area contributed by atoms with Gasteiger partial charge in [-0.05, 0) is 30.9 Å². The van der Waals surface area contributed by atoms with E-state index in [4.69, 9.17) is 20.3 Å². The van der Waals surface area contributed by atoms with Crippen LogP contribution >= 0.6 is 0 Å². The van der Waals surface area contributed by atoms with Crippen LogP contribution in [-0.4, -0.2) is 63.6 Å². The second-order valence-corrected chi connectivity index (χ2v) is 6.38. The van der Waals surface area contributed by atoms with Crippen LogP contribution in [0.1, 0.15) is 24.1 Å². The number of aromatic nitrogens is 4. The number of H-pyrrole nitrogens is 1. The topological polar surface area (TPSA) is 139 Å². The minimum atomic E-state index is -0.775. The molecule has 4 rings (SSSR count). The van der Waals surface area contributed by atoms with Gasteiger partial charge in [0.15, 0.2) is 5.65 Å². The fourth-order valence-electron chi connectivity index (χ4n) is 2.89. The number of nitrogens with two attached hydrogens (primary N) is 1. The summed E-state index contributed by atoms with van der Waals surface area (Å²) in [5.74, 6) is 7.69. The smallest absolute Gasteiger partial charge is 0.407 e. The number of hydrogen-bond acceptors (Lipinski definition) is 7. The average molecular weight is 410 g/mol. The van der Waals surface area contributed by atoms with Gasteiger partial charge in [-0.15, -0.1) is 0 Å². The second kappa shape index (κ2) is 9.47. The number of ether oxygens (including phenoxy) is 2. The van der Waals surface area contributed by atoms with Crippen molar-refractivity contribution in [2.24, 2.45) is 0 Å². The molecular formula is C20H22N6O4. The summed E-state index contributed by atoms with van der Waals surface area (Å²) >= 11 is 0. The molecule has 156 valence electrons. The molecule has 0 bridgehead atoms. The van der Waals surface area contributed by atoms with Gasteiger partial charge >= 0.3 is 6.09 Å². The number of benzene rings is 1. The summed E-state index contributed by atoms with van der Waals surface area (Å²) in [6.07, 6.45) is 2.66. The molecule has 3 aromatic rings. The Hall–Kier alpha value is -4.00. The average Bonchev–Trinajstić information content (AvgIpc) is 3.43. The molecule has 1 amide bonds. The number of nitrogens with one attached hydrogen (secondary N) is 1. The molecule has 30 heavy (non-hydrogen) atoms. The highest BCUT2D eigenvalue weighted by Crippen LogP contribution is 2.22. The van der Waals surface area contributed by atoms with Crippen LogP contribution in [0.2, 0.25) is 0 Å². The Balaban J connectivity index is 0.000000269. The van der Waals surface area contributed by atoms with Crippen molar-refractivity contribution in [2.45, 2.75) is 12.8 Å². The minimum Gasteiger partial charge on any atom is -0.497 e. The largest absolute Gasteiger partial charge is 0.497 e. The van der Waals surface area contributed by atoms with Gasteiger partial charge in [0.2, 0.25) is 0 Å². The third-order valence-corrected chi connectivity index (χ3v) is 4.44. The quantitative estimate of drug-likeness (QED) is 0.546. The molecule has 10 heteroatoms. The number of carboxylic acid groups (broad SMARTS) is 1. The van der Waals surface area contributed by atoms with E-state index in [2.05, 4.69) is 32.0 Å². The molecule has 0 aliphatic carbocycles. The third kappa shape index (κ3) is 4.88. The van der Waals surface area contributed by atoms with E-state index >= 15 is 0 Å². The maximum absolute atomic E-state index is 10.1. The van der Waals surface area contributed by atoms with Crippen molar-refractivity contribution in [2.75, 3.05) is 33.0 Å². The fraction of sp³-hybridized carbons (Fsp3) is 0.300. The number of carbonyl (C=O) groups is 1. The number of methoxy groups -OCH3 is 2. The number of aromatic amines is 1. The highest BCUT2D eigenvalue weighted by atomic mass is 16.5. The van der Waals surface area contributed by atoms with Crippen molar-refractivity contribution in [3.05, 3.63) is 35.8 Å². The zero-order chi connectivity index (χ0) is 21.5. The fourth-order valence-corrected chi connectivity index (χ4v) is 2.89. The number of nitrogens with zero attached hydrogens (tertiary/aromatic N) is 4. The lowest BCUT2D eigenvalue weighted by atomic mass is 10.2. The number of fused-ring (bicyclic) bond motifs is 1. The Labute approximate surface area is 173 Å². The molecule has 0 spiro atoms. The number of nitrogen functional groups attached to an aromatic ring is 1. The molecule has 0 atom stereocenters. The predicted octanol–water partition coefficient (Wildman–Crippen LogP) is 2.11. The molecule has 3 heterocycles. The lowest BCUT2D eigenvalue weighted by Crippen LogP contribution is -2.25. The van der Waals surface area contributed by atoms with Crippen LogP contribution in [0, 0.1) is 11.8 Å². The minimum absolute atomic E-state index is 0.339. The summed E-state index contributed by atoms with van der Waals surface area (Å²) in [5, 5.41) is 15.8. The van der Waals surface area contributed by atoms with Crippen LogP contribution in [-0.2, 0) is 0 Å². The highest BCUT2D eigenvalue weighted by molar-refractivity contribution is 5.89. The van der Waals surface area contributed by atoms with E-state index in [0.717, 1.165) is 31.5 Å². The van der Waals surface area contributed by atoms with Crippen molar-refractivity contribution in [1.82, 2.24) is 25.1 Å². The molecule has 10 nitrogen and oxygen atoms in total. The molecule has 1 saturated heterocycles. The first-order valence-electron chi connectivity index (χ1n) is 9.19. The highest BCUT2D eigenvalue weighted by Gasteiger charge is 2.15. The molecule has 1 aliphatic rings. The van der Waals surface area contributed by atoms with Crippen LogP contribution in [0.15, 0.2) is 24.5 Å². The molecule has 2 aromatic heterocycles. The van der Waals surface area contributed by atoms with Gasteiger partial charge in [-0.3, -0.25) is 5.10 Å². The summed E-state index contributed by atoms with van der Waals surface area (Å²) in [5.41, 5.74) is 7.64. The van der Waals surface area contributed by atoms with E-state index in [1.165, 1.54) is 11.2 Å². The normalized spacial score (nSPS) is 12.5. The Morgan fingerprint density at radius 2 is 1.80 bits per heavy atom.